The van der Waals surface area contributed by atoms with Crippen LogP contribution >= 0.6 is 0 Å². The summed E-state index contributed by atoms with van der Waals surface area (Å²) in [4.78, 5) is 11.1. The summed E-state index contributed by atoms with van der Waals surface area (Å²) in [6.45, 7) is 14.2. The smallest absolute Gasteiger partial charge is 0.131 e. The van der Waals surface area contributed by atoms with Crippen LogP contribution in [0.1, 0.15) is 65.6 Å². The van der Waals surface area contributed by atoms with Gasteiger partial charge in [-0.15, -0.1) is 0 Å². The van der Waals surface area contributed by atoms with Gasteiger partial charge in [-0.3, -0.25) is 9.48 Å². The van der Waals surface area contributed by atoms with E-state index in [-0.39, 0.29) is 5.78 Å². The van der Waals surface area contributed by atoms with Crippen molar-refractivity contribution in [2.75, 3.05) is 0 Å². The summed E-state index contributed by atoms with van der Waals surface area (Å²) < 4.78 is 1.98. The fraction of sp³-hybridized carbons (Fsp3) is 0.778. The van der Waals surface area contributed by atoms with Crippen molar-refractivity contribution in [3.8, 4) is 0 Å². The first-order valence-electron chi connectivity index (χ1n) is 8.20. The van der Waals surface area contributed by atoms with Crippen molar-refractivity contribution in [3.05, 3.63) is 17.5 Å². The zero-order valence-corrected chi connectivity index (χ0v) is 14.5. The molecule has 118 valence electrons. The van der Waals surface area contributed by atoms with Gasteiger partial charge in [0.05, 0.1) is 5.69 Å². The quantitative estimate of drug-likeness (QED) is 0.839. The molecule has 0 aromatic carbocycles. The molecular formula is C18H30N2O. The second-order valence-corrected chi connectivity index (χ2v) is 8.05. The van der Waals surface area contributed by atoms with Crippen LogP contribution in [0.15, 0.2) is 6.20 Å². The third-order valence-corrected chi connectivity index (χ3v) is 5.53. The molecule has 0 radical (unpaired) electrons. The van der Waals surface area contributed by atoms with E-state index in [9.17, 15) is 4.79 Å². The Balaban J connectivity index is 2.25. The summed E-state index contributed by atoms with van der Waals surface area (Å²) in [6.07, 6.45) is 6.15. The molecular weight excluding hydrogens is 260 g/mol. The monoisotopic (exact) mass is 290 g/mol. The maximum Gasteiger partial charge on any atom is 0.131 e. The molecule has 0 saturated heterocycles. The van der Waals surface area contributed by atoms with Crippen molar-refractivity contribution in [1.29, 1.82) is 0 Å². The zero-order valence-electron chi connectivity index (χ0n) is 14.5. The Morgan fingerprint density at radius 3 is 2.62 bits per heavy atom. The molecule has 1 aromatic rings. The molecule has 0 saturated carbocycles. The number of aromatic nitrogens is 2. The molecule has 1 aromatic heterocycles. The highest BCUT2D eigenvalue weighted by Crippen LogP contribution is 2.52. The zero-order chi connectivity index (χ0) is 15.8. The Morgan fingerprint density at radius 1 is 1.43 bits per heavy atom. The molecule has 0 N–H and O–H groups in total. The molecule has 0 spiro atoms. The first-order valence-corrected chi connectivity index (χ1v) is 8.20. The van der Waals surface area contributed by atoms with E-state index in [1.54, 1.807) is 6.92 Å². The minimum atomic E-state index is 0.231. The molecule has 1 aliphatic carbocycles. The maximum atomic E-state index is 11.1. The van der Waals surface area contributed by atoms with Crippen LogP contribution in [0.3, 0.4) is 0 Å². The first kappa shape index (κ1) is 16.3. The molecule has 0 aliphatic heterocycles. The van der Waals surface area contributed by atoms with Gasteiger partial charge in [-0.25, -0.2) is 0 Å². The van der Waals surface area contributed by atoms with Crippen LogP contribution in [0.4, 0.5) is 0 Å². The Hall–Kier alpha value is -1.12. The average Bonchev–Trinajstić information content (AvgIpc) is 2.75. The lowest BCUT2D eigenvalue weighted by molar-refractivity contribution is -0.117. The molecule has 1 aliphatic rings. The Kier molecular flexibility index (Phi) is 4.32. The summed E-state index contributed by atoms with van der Waals surface area (Å²) in [5.41, 5.74) is 3.28. The molecule has 0 bridgehead atoms. The SMILES string of the molecule is CC(=O)CCn1cc2c(n1)CCC(C(C)C)(C(C)(C)C)C2. The molecule has 1 heterocycles. The first-order chi connectivity index (χ1) is 9.65. The normalized spacial score (nSPS) is 22.4. The number of carbonyl (C=O) groups excluding carboxylic acids is 1. The highest BCUT2D eigenvalue weighted by molar-refractivity contribution is 5.75. The number of aryl methyl sites for hydroxylation is 2. The number of rotatable bonds is 4. The van der Waals surface area contributed by atoms with Crippen molar-refractivity contribution in [2.45, 2.75) is 73.8 Å². The number of hydrogen-bond donors (Lipinski definition) is 0. The van der Waals surface area contributed by atoms with E-state index in [1.807, 2.05) is 4.68 Å². The topological polar surface area (TPSA) is 34.9 Å². The molecule has 1 atom stereocenters. The van der Waals surface area contributed by atoms with Crippen LogP contribution in [0.5, 0.6) is 0 Å². The third kappa shape index (κ3) is 3.07. The molecule has 0 fully saturated rings. The number of ketones is 1. The minimum absolute atomic E-state index is 0.231. The van der Waals surface area contributed by atoms with Crippen LogP contribution in [0.25, 0.3) is 0 Å². The predicted molar refractivity (Wildman–Crippen MR) is 86.3 cm³/mol. The van der Waals surface area contributed by atoms with Crippen LogP contribution < -0.4 is 0 Å². The predicted octanol–water partition coefficient (Wildman–Crippen LogP) is 4.04. The fourth-order valence-electron chi connectivity index (χ4n) is 4.02. The number of carbonyl (C=O) groups is 1. The van der Waals surface area contributed by atoms with Gasteiger partial charge in [0.1, 0.15) is 5.78 Å². The summed E-state index contributed by atoms with van der Waals surface area (Å²) in [6, 6.07) is 0. The average molecular weight is 290 g/mol. The van der Waals surface area contributed by atoms with E-state index in [1.165, 1.54) is 17.7 Å². The van der Waals surface area contributed by atoms with Crippen molar-refractivity contribution < 1.29 is 4.79 Å². The van der Waals surface area contributed by atoms with Gasteiger partial charge in [-0.2, -0.15) is 5.10 Å². The van der Waals surface area contributed by atoms with E-state index < -0.39 is 0 Å². The van der Waals surface area contributed by atoms with E-state index in [0.29, 0.717) is 29.7 Å². The van der Waals surface area contributed by atoms with E-state index in [0.717, 1.165) is 12.8 Å². The van der Waals surface area contributed by atoms with E-state index in [4.69, 9.17) is 5.10 Å². The van der Waals surface area contributed by atoms with Gasteiger partial charge in [-0.05, 0) is 48.5 Å². The minimum Gasteiger partial charge on any atom is -0.300 e. The lowest BCUT2D eigenvalue weighted by Gasteiger charge is -2.50. The molecule has 0 amide bonds. The van der Waals surface area contributed by atoms with Gasteiger partial charge in [-0.1, -0.05) is 34.6 Å². The third-order valence-electron chi connectivity index (χ3n) is 5.53. The van der Waals surface area contributed by atoms with Crippen LogP contribution in [0.2, 0.25) is 0 Å². The number of fused-ring (bicyclic) bond motifs is 1. The Bertz CT molecular complexity index is 522. The van der Waals surface area contributed by atoms with Gasteiger partial charge in [0.15, 0.2) is 0 Å². The number of nitrogens with zero attached hydrogens (tertiary/aromatic N) is 2. The standard InChI is InChI=1S/C18H30N2O/c1-13(2)18(17(4,5)6)9-7-16-15(11-18)12-20(19-16)10-8-14(3)21/h12-13H,7-11H2,1-6H3. The molecule has 2 rings (SSSR count). The maximum absolute atomic E-state index is 11.1. The highest BCUT2D eigenvalue weighted by Gasteiger charge is 2.46. The molecule has 3 heteroatoms. The van der Waals surface area contributed by atoms with Gasteiger partial charge < -0.3 is 0 Å². The van der Waals surface area contributed by atoms with Gasteiger partial charge in [0, 0.05) is 19.2 Å². The molecule has 3 nitrogen and oxygen atoms in total. The van der Waals surface area contributed by atoms with Crippen LogP contribution in [-0.4, -0.2) is 15.6 Å². The van der Waals surface area contributed by atoms with Gasteiger partial charge in [0.2, 0.25) is 0 Å². The summed E-state index contributed by atoms with van der Waals surface area (Å²) >= 11 is 0. The van der Waals surface area contributed by atoms with Gasteiger partial charge in [0.25, 0.3) is 0 Å². The van der Waals surface area contributed by atoms with Crippen molar-refractivity contribution >= 4 is 5.78 Å². The Morgan fingerprint density at radius 2 is 2.10 bits per heavy atom. The highest BCUT2D eigenvalue weighted by atomic mass is 16.1. The largest absolute Gasteiger partial charge is 0.300 e. The van der Waals surface area contributed by atoms with Crippen LogP contribution in [0, 0.1) is 16.7 Å². The number of Topliss-reactive ketones (excluding diaryl/α,β-unsaturated/α-hetero) is 1. The van der Waals surface area contributed by atoms with Gasteiger partial charge >= 0.3 is 0 Å². The fourth-order valence-corrected chi connectivity index (χ4v) is 4.02. The molecule has 21 heavy (non-hydrogen) atoms. The second kappa shape index (κ2) is 5.58. The van der Waals surface area contributed by atoms with Crippen LogP contribution in [-0.2, 0) is 24.2 Å². The second-order valence-electron chi connectivity index (χ2n) is 8.05. The summed E-state index contributed by atoms with van der Waals surface area (Å²) in [7, 11) is 0. The van der Waals surface area contributed by atoms with E-state index in [2.05, 4.69) is 40.8 Å². The van der Waals surface area contributed by atoms with Crippen molar-refractivity contribution in [1.82, 2.24) is 9.78 Å². The summed E-state index contributed by atoms with van der Waals surface area (Å²) in [5.74, 6) is 0.890. The lowest BCUT2D eigenvalue weighted by atomic mass is 9.54. The van der Waals surface area contributed by atoms with Crippen molar-refractivity contribution in [2.24, 2.45) is 16.7 Å². The van der Waals surface area contributed by atoms with Crippen molar-refractivity contribution in [3.63, 3.8) is 0 Å². The lowest BCUT2D eigenvalue weighted by Crippen LogP contribution is -2.44. The Labute approximate surface area is 129 Å². The number of hydrogen-bond acceptors (Lipinski definition) is 2. The summed E-state index contributed by atoms with van der Waals surface area (Å²) in [5, 5.41) is 4.69. The molecule has 1 unspecified atom stereocenters. The van der Waals surface area contributed by atoms with E-state index >= 15 is 0 Å².